The summed E-state index contributed by atoms with van der Waals surface area (Å²) in [6, 6.07) is 2.55. The van der Waals surface area contributed by atoms with E-state index in [-0.39, 0.29) is 10.5 Å². The van der Waals surface area contributed by atoms with Crippen molar-refractivity contribution in [2.24, 2.45) is 0 Å². The van der Waals surface area contributed by atoms with Gasteiger partial charge in [-0.3, -0.25) is 9.59 Å². The summed E-state index contributed by atoms with van der Waals surface area (Å²) in [5.74, 6) is -4.00. The highest BCUT2D eigenvalue weighted by Gasteiger charge is 2.26. The van der Waals surface area contributed by atoms with Gasteiger partial charge in [0.05, 0.1) is 10.5 Å². The third kappa shape index (κ3) is 4.82. The molecule has 22 heavy (non-hydrogen) atoms. The molecule has 0 aromatic heterocycles. The summed E-state index contributed by atoms with van der Waals surface area (Å²) in [5.41, 5.74) is -0.125. The van der Waals surface area contributed by atoms with Crippen LogP contribution in [0.5, 0.6) is 0 Å². The Kier molecular flexibility index (Phi) is 5.60. The number of aromatic carboxylic acids is 1. The Bertz CT molecular complexity index is 680. The second-order valence-corrected chi connectivity index (χ2v) is 5.99. The van der Waals surface area contributed by atoms with Crippen LogP contribution in [-0.4, -0.2) is 47.7 Å². The summed E-state index contributed by atoms with van der Waals surface area (Å²) in [4.78, 5) is 31.8. The topological polar surface area (TPSA) is 158 Å². The van der Waals surface area contributed by atoms with Crippen molar-refractivity contribution in [2.75, 3.05) is 0 Å². The van der Waals surface area contributed by atoms with Crippen LogP contribution in [0.4, 0.5) is 0 Å². The number of hydrogen-bond acceptors (Lipinski definition) is 5. The Labute approximate surface area is 125 Å². The summed E-state index contributed by atoms with van der Waals surface area (Å²) in [7, 11) is -4.21. The first kappa shape index (κ1) is 17.6. The molecule has 0 heterocycles. The van der Waals surface area contributed by atoms with E-state index < -0.39 is 46.8 Å². The van der Waals surface area contributed by atoms with Gasteiger partial charge < -0.3 is 15.3 Å². The third-order valence-corrected chi connectivity index (χ3v) is 4.14. The van der Waals surface area contributed by atoms with Gasteiger partial charge in [-0.2, -0.15) is 4.72 Å². The SMILES string of the molecule is O=C(O)CC[C@H](NS(=O)(=O)c1ccc(C(=O)O)cc1)C(=O)O. The van der Waals surface area contributed by atoms with E-state index in [1.54, 1.807) is 0 Å². The predicted octanol–water partition coefficient (Wildman–Crippen LogP) is -0.0189. The summed E-state index contributed by atoms with van der Waals surface area (Å²) in [6.07, 6.45) is -0.936. The molecular weight excluding hydrogens is 318 g/mol. The molecule has 0 aliphatic heterocycles. The second kappa shape index (κ2) is 7.00. The summed E-state index contributed by atoms with van der Waals surface area (Å²) in [5, 5.41) is 26.2. The van der Waals surface area contributed by atoms with Crippen molar-refractivity contribution in [3.05, 3.63) is 29.8 Å². The molecular formula is C12H13NO8S. The summed E-state index contributed by atoms with van der Waals surface area (Å²) >= 11 is 0. The lowest BCUT2D eigenvalue weighted by atomic mass is 10.2. The molecule has 0 amide bonds. The molecule has 0 radical (unpaired) electrons. The van der Waals surface area contributed by atoms with E-state index in [9.17, 15) is 22.8 Å². The van der Waals surface area contributed by atoms with Crippen molar-refractivity contribution in [2.45, 2.75) is 23.8 Å². The fourth-order valence-electron chi connectivity index (χ4n) is 1.53. The highest BCUT2D eigenvalue weighted by atomic mass is 32.2. The minimum Gasteiger partial charge on any atom is -0.481 e. The molecule has 1 aromatic carbocycles. The van der Waals surface area contributed by atoms with E-state index in [0.29, 0.717) is 0 Å². The molecule has 0 saturated heterocycles. The molecule has 4 N–H and O–H groups in total. The molecule has 0 saturated carbocycles. The first-order valence-electron chi connectivity index (χ1n) is 5.94. The maximum Gasteiger partial charge on any atom is 0.335 e. The van der Waals surface area contributed by atoms with Gasteiger partial charge in [0, 0.05) is 6.42 Å². The molecule has 9 nitrogen and oxygen atoms in total. The number of benzene rings is 1. The third-order valence-electron chi connectivity index (χ3n) is 2.65. The standard InChI is InChI=1S/C12H13NO8S/c14-10(15)6-5-9(12(18)19)13-22(20,21)8-3-1-7(2-4-8)11(16)17/h1-4,9,13H,5-6H2,(H,14,15)(H,16,17)(H,18,19)/t9-/m0/s1. The maximum absolute atomic E-state index is 12.0. The molecule has 1 aromatic rings. The Balaban J connectivity index is 2.94. The Hall–Kier alpha value is -2.46. The number of hydrogen-bond donors (Lipinski definition) is 4. The minimum atomic E-state index is -4.21. The first-order chi connectivity index (χ1) is 10.1. The minimum absolute atomic E-state index is 0.125. The molecule has 0 aliphatic carbocycles. The van der Waals surface area contributed by atoms with Crippen LogP contribution in [0.3, 0.4) is 0 Å². The molecule has 0 unspecified atom stereocenters. The van der Waals surface area contributed by atoms with Crippen LogP contribution in [0, 0.1) is 0 Å². The normalized spacial score (nSPS) is 12.5. The van der Waals surface area contributed by atoms with Crippen molar-refractivity contribution >= 4 is 27.9 Å². The van der Waals surface area contributed by atoms with Gasteiger partial charge in [0.25, 0.3) is 0 Å². The average molecular weight is 331 g/mol. The fourth-order valence-corrected chi connectivity index (χ4v) is 2.76. The number of carboxylic acids is 3. The Morgan fingerprint density at radius 3 is 2.00 bits per heavy atom. The zero-order valence-corrected chi connectivity index (χ0v) is 11.9. The smallest absolute Gasteiger partial charge is 0.335 e. The number of nitrogens with one attached hydrogen (secondary N) is 1. The largest absolute Gasteiger partial charge is 0.481 e. The van der Waals surface area contributed by atoms with Crippen LogP contribution in [0.15, 0.2) is 29.2 Å². The fraction of sp³-hybridized carbons (Fsp3) is 0.250. The van der Waals surface area contributed by atoms with Crippen LogP contribution in [0.25, 0.3) is 0 Å². The van der Waals surface area contributed by atoms with Gasteiger partial charge in [-0.1, -0.05) is 0 Å². The lowest BCUT2D eigenvalue weighted by Gasteiger charge is -2.14. The maximum atomic E-state index is 12.0. The van der Waals surface area contributed by atoms with E-state index in [1.165, 1.54) is 0 Å². The molecule has 1 rings (SSSR count). The van der Waals surface area contributed by atoms with Gasteiger partial charge in [0.15, 0.2) is 0 Å². The zero-order valence-electron chi connectivity index (χ0n) is 11.1. The van der Waals surface area contributed by atoms with Crippen molar-refractivity contribution < 1.29 is 38.1 Å². The quantitative estimate of drug-likeness (QED) is 0.517. The molecule has 0 spiro atoms. The number of carboxylic acid groups (broad SMARTS) is 3. The van der Waals surface area contributed by atoms with Crippen LogP contribution < -0.4 is 4.72 Å². The van der Waals surface area contributed by atoms with Gasteiger partial charge in [0.2, 0.25) is 10.0 Å². The van der Waals surface area contributed by atoms with Gasteiger partial charge in [-0.15, -0.1) is 0 Å². The predicted molar refractivity (Wildman–Crippen MR) is 72.0 cm³/mol. The lowest BCUT2D eigenvalue weighted by molar-refractivity contribution is -0.140. The first-order valence-corrected chi connectivity index (χ1v) is 7.42. The number of sulfonamides is 1. The van der Waals surface area contributed by atoms with Crippen molar-refractivity contribution in [3.8, 4) is 0 Å². The van der Waals surface area contributed by atoms with Gasteiger partial charge in [-0.25, -0.2) is 13.2 Å². The van der Waals surface area contributed by atoms with Gasteiger partial charge in [-0.05, 0) is 30.7 Å². The van der Waals surface area contributed by atoms with Crippen molar-refractivity contribution in [3.63, 3.8) is 0 Å². The number of rotatable bonds is 8. The number of aliphatic carboxylic acids is 2. The zero-order chi connectivity index (χ0) is 16.9. The van der Waals surface area contributed by atoms with Crippen LogP contribution >= 0.6 is 0 Å². The van der Waals surface area contributed by atoms with Gasteiger partial charge in [0.1, 0.15) is 6.04 Å². The Morgan fingerprint density at radius 1 is 1.05 bits per heavy atom. The van der Waals surface area contributed by atoms with E-state index >= 15 is 0 Å². The van der Waals surface area contributed by atoms with E-state index in [2.05, 4.69) is 0 Å². The van der Waals surface area contributed by atoms with Crippen LogP contribution in [0.2, 0.25) is 0 Å². The lowest BCUT2D eigenvalue weighted by Crippen LogP contribution is -2.41. The average Bonchev–Trinajstić information content (AvgIpc) is 2.43. The second-order valence-electron chi connectivity index (χ2n) is 4.27. The molecule has 120 valence electrons. The molecule has 0 bridgehead atoms. The van der Waals surface area contributed by atoms with E-state index in [4.69, 9.17) is 15.3 Å². The molecule has 10 heteroatoms. The monoisotopic (exact) mass is 331 g/mol. The van der Waals surface area contributed by atoms with Crippen molar-refractivity contribution in [1.82, 2.24) is 4.72 Å². The molecule has 1 atom stereocenters. The summed E-state index contributed by atoms with van der Waals surface area (Å²) in [6.45, 7) is 0. The number of carbonyl (C=O) groups is 3. The molecule has 0 aliphatic rings. The van der Waals surface area contributed by atoms with Crippen LogP contribution in [-0.2, 0) is 19.6 Å². The van der Waals surface area contributed by atoms with E-state index in [0.717, 1.165) is 24.3 Å². The highest BCUT2D eigenvalue weighted by molar-refractivity contribution is 7.89. The van der Waals surface area contributed by atoms with Crippen LogP contribution in [0.1, 0.15) is 23.2 Å². The Morgan fingerprint density at radius 2 is 1.59 bits per heavy atom. The van der Waals surface area contributed by atoms with E-state index in [1.807, 2.05) is 4.72 Å². The summed E-state index contributed by atoms with van der Waals surface area (Å²) < 4.78 is 25.9. The van der Waals surface area contributed by atoms with Gasteiger partial charge >= 0.3 is 17.9 Å². The van der Waals surface area contributed by atoms with Crippen molar-refractivity contribution in [1.29, 1.82) is 0 Å². The highest BCUT2D eigenvalue weighted by Crippen LogP contribution is 2.12. The molecule has 0 fully saturated rings.